The number of rotatable bonds is 2. The molecule has 0 spiro atoms. The highest BCUT2D eigenvalue weighted by Crippen LogP contribution is 2.21. The van der Waals surface area contributed by atoms with Crippen molar-refractivity contribution in [3.8, 4) is 11.8 Å². The van der Waals surface area contributed by atoms with E-state index in [0.29, 0.717) is 0 Å². The number of aromatic hydroxyl groups is 1. The average Bonchev–Trinajstić information content (AvgIpc) is 2.09. The number of hydrogen-bond donors (Lipinski definition) is 2. The molecule has 1 aromatic carbocycles. The van der Waals surface area contributed by atoms with Gasteiger partial charge in [0.2, 0.25) is 0 Å². The highest BCUT2D eigenvalue weighted by atomic mass is 19.1. The highest BCUT2D eigenvalue weighted by molar-refractivity contribution is 5.31. The van der Waals surface area contributed by atoms with E-state index in [1.54, 1.807) is 0 Å². The first kappa shape index (κ1) is 9.49. The van der Waals surface area contributed by atoms with Gasteiger partial charge < -0.3 is 10.8 Å². The Morgan fingerprint density at radius 3 is 2.92 bits per heavy atom. The first-order valence-electron chi connectivity index (χ1n) is 3.76. The predicted octanol–water partition coefficient (Wildman–Crippen LogP) is 1.44. The van der Waals surface area contributed by atoms with Crippen molar-refractivity contribution < 1.29 is 9.50 Å². The van der Waals surface area contributed by atoms with Crippen LogP contribution in [0.15, 0.2) is 18.2 Å². The lowest BCUT2D eigenvalue weighted by molar-refractivity contribution is 0.469. The van der Waals surface area contributed by atoms with E-state index in [1.165, 1.54) is 12.1 Å². The van der Waals surface area contributed by atoms with Gasteiger partial charge in [-0.05, 0) is 18.2 Å². The number of benzene rings is 1. The van der Waals surface area contributed by atoms with Gasteiger partial charge in [-0.1, -0.05) is 0 Å². The maximum atomic E-state index is 13.0. The third kappa shape index (κ3) is 2.17. The molecular weight excluding hydrogens is 171 g/mol. The fraction of sp³-hybridized carbons (Fsp3) is 0.222. The molecule has 3 nitrogen and oxygen atoms in total. The van der Waals surface area contributed by atoms with E-state index in [-0.39, 0.29) is 17.7 Å². The maximum absolute atomic E-state index is 13.0. The topological polar surface area (TPSA) is 70.0 Å². The molecule has 0 bridgehead atoms. The molecule has 0 aromatic heterocycles. The number of phenolic OH excluding ortho intramolecular Hbond substituents is 1. The summed E-state index contributed by atoms with van der Waals surface area (Å²) in [6.45, 7) is 0. The zero-order chi connectivity index (χ0) is 9.84. The number of halogens is 1. The van der Waals surface area contributed by atoms with Gasteiger partial charge in [-0.25, -0.2) is 4.39 Å². The summed E-state index contributed by atoms with van der Waals surface area (Å²) in [4.78, 5) is 0. The molecule has 3 N–H and O–H groups in total. The van der Waals surface area contributed by atoms with Crippen LogP contribution in [-0.2, 0) is 0 Å². The fourth-order valence-corrected chi connectivity index (χ4v) is 1.02. The van der Waals surface area contributed by atoms with Crippen molar-refractivity contribution in [3.63, 3.8) is 0 Å². The van der Waals surface area contributed by atoms with E-state index in [9.17, 15) is 4.39 Å². The molecule has 0 amide bonds. The van der Waals surface area contributed by atoms with Gasteiger partial charge in [0.15, 0.2) is 0 Å². The second-order valence-corrected chi connectivity index (χ2v) is 2.67. The molecule has 0 fully saturated rings. The van der Waals surface area contributed by atoms with Crippen LogP contribution in [-0.4, -0.2) is 5.11 Å². The lowest BCUT2D eigenvalue weighted by Crippen LogP contribution is -2.11. The lowest BCUT2D eigenvalue weighted by Gasteiger charge is -2.08. The minimum Gasteiger partial charge on any atom is -0.508 e. The van der Waals surface area contributed by atoms with E-state index in [2.05, 4.69) is 0 Å². The molecule has 0 radical (unpaired) electrons. The van der Waals surface area contributed by atoms with Crippen molar-refractivity contribution in [2.45, 2.75) is 12.5 Å². The van der Waals surface area contributed by atoms with Gasteiger partial charge in [-0.15, -0.1) is 0 Å². The Labute approximate surface area is 75.2 Å². The Kier molecular flexibility index (Phi) is 2.83. The van der Waals surface area contributed by atoms with E-state index in [4.69, 9.17) is 16.1 Å². The number of phenols is 1. The summed E-state index contributed by atoms with van der Waals surface area (Å²) in [5.74, 6) is -0.551. The lowest BCUT2D eigenvalue weighted by atomic mass is 10.0. The zero-order valence-corrected chi connectivity index (χ0v) is 6.87. The molecule has 1 rings (SSSR count). The number of nitrogens with two attached hydrogens (primary N) is 1. The molecule has 1 aromatic rings. The van der Waals surface area contributed by atoms with Crippen molar-refractivity contribution in [1.82, 2.24) is 0 Å². The van der Waals surface area contributed by atoms with Crippen LogP contribution in [0, 0.1) is 17.1 Å². The molecule has 0 heterocycles. The van der Waals surface area contributed by atoms with Crippen LogP contribution in [0.5, 0.6) is 5.75 Å². The first-order chi connectivity index (χ1) is 6.15. The van der Waals surface area contributed by atoms with E-state index >= 15 is 0 Å². The van der Waals surface area contributed by atoms with Crippen molar-refractivity contribution >= 4 is 0 Å². The third-order valence-corrected chi connectivity index (χ3v) is 1.69. The van der Waals surface area contributed by atoms with Crippen molar-refractivity contribution in [1.29, 1.82) is 5.26 Å². The minimum atomic E-state index is -0.683. The van der Waals surface area contributed by atoms with Crippen molar-refractivity contribution in [2.75, 3.05) is 0 Å². The van der Waals surface area contributed by atoms with Gasteiger partial charge >= 0.3 is 0 Å². The first-order valence-corrected chi connectivity index (χ1v) is 3.76. The van der Waals surface area contributed by atoms with Gasteiger partial charge in [-0.2, -0.15) is 5.26 Å². The molecule has 13 heavy (non-hydrogen) atoms. The predicted molar refractivity (Wildman–Crippen MR) is 45.2 cm³/mol. The van der Waals surface area contributed by atoms with Gasteiger partial charge in [0.05, 0.1) is 12.5 Å². The Morgan fingerprint density at radius 2 is 2.31 bits per heavy atom. The largest absolute Gasteiger partial charge is 0.508 e. The molecular formula is C9H9FN2O. The summed E-state index contributed by atoms with van der Waals surface area (Å²) in [6.07, 6.45) is 0.0281. The fourth-order valence-electron chi connectivity index (χ4n) is 1.02. The van der Waals surface area contributed by atoms with Gasteiger partial charge in [0, 0.05) is 11.6 Å². The zero-order valence-electron chi connectivity index (χ0n) is 6.87. The third-order valence-electron chi connectivity index (χ3n) is 1.69. The van der Waals surface area contributed by atoms with Crippen LogP contribution in [0.2, 0.25) is 0 Å². The number of nitriles is 1. The Balaban J connectivity index is 3.00. The van der Waals surface area contributed by atoms with Crippen LogP contribution in [0.25, 0.3) is 0 Å². The van der Waals surface area contributed by atoms with Crippen LogP contribution < -0.4 is 5.73 Å². The average molecular weight is 180 g/mol. The second kappa shape index (κ2) is 3.87. The van der Waals surface area contributed by atoms with Gasteiger partial charge in [0.25, 0.3) is 0 Å². The van der Waals surface area contributed by atoms with Gasteiger partial charge in [-0.3, -0.25) is 0 Å². The summed E-state index contributed by atoms with van der Waals surface area (Å²) >= 11 is 0. The molecule has 68 valence electrons. The molecule has 0 aliphatic rings. The maximum Gasteiger partial charge on any atom is 0.128 e. The van der Waals surface area contributed by atoms with Gasteiger partial charge in [0.1, 0.15) is 11.6 Å². The molecule has 4 heteroatoms. The van der Waals surface area contributed by atoms with E-state index < -0.39 is 11.9 Å². The standard InChI is InChI=1S/C9H9FN2O/c10-8-2-1-6(13)5-7(8)9(12)3-4-11/h1-2,5,9,13H,3,12H2/t9-/m0/s1. The number of nitrogens with zero attached hydrogens (tertiary/aromatic N) is 1. The Hall–Kier alpha value is -1.60. The molecule has 0 saturated carbocycles. The van der Waals surface area contributed by atoms with Crippen LogP contribution in [0.1, 0.15) is 18.0 Å². The van der Waals surface area contributed by atoms with Crippen molar-refractivity contribution in [3.05, 3.63) is 29.6 Å². The SMILES string of the molecule is N#CC[C@H](N)c1cc(O)ccc1F. The highest BCUT2D eigenvalue weighted by Gasteiger charge is 2.11. The summed E-state index contributed by atoms with van der Waals surface area (Å²) in [7, 11) is 0. The summed E-state index contributed by atoms with van der Waals surface area (Å²) in [6, 6.07) is 4.75. The summed E-state index contributed by atoms with van der Waals surface area (Å²) in [5.41, 5.74) is 5.67. The van der Waals surface area contributed by atoms with Crippen LogP contribution in [0.3, 0.4) is 0 Å². The molecule has 0 aliphatic carbocycles. The van der Waals surface area contributed by atoms with E-state index in [1.807, 2.05) is 6.07 Å². The van der Waals surface area contributed by atoms with Crippen LogP contribution >= 0.6 is 0 Å². The quantitative estimate of drug-likeness (QED) is 0.723. The molecule has 0 saturated heterocycles. The minimum absolute atomic E-state index is 0.0281. The second-order valence-electron chi connectivity index (χ2n) is 2.67. The molecule has 1 atom stereocenters. The smallest absolute Gasteiger partial charge is 0.128 e. The number of hydrogen-bond acceptors (Lipinski definition) is 3. The Morgan fingerprint density at radius 1 is 1.62 bits per heavy atom. The molecule has 0 unspecified atom stereocenters. The van der Waals surface area contributed by atoms with E-state index in [0.717, 1.165) is 6.07 Å². The normalized spacial score (nSPS) is 12.1. The summed E-state index contributed by atoms with van der Waals surface area (Å²) < 4.78 is 13.0. The Bertz CT molecular complexity index is 346. The van der Waals surface area contributed by atoms with Crippen molar-refractivity contribution in [2.24, 2.45) is 5.73 Å². The monoisotopic (exact) mass is 180 g/mol. The summed E-state index contributed by atoms with van der Waals surface area (Å²) in [5, 5.41) is 17.4. The molecule has 0 aliphatic heterocycles. The van der Waals surface area contributed by atoms with Crippen LogP contribution in [0.4, 0.5) is 4.39 Å².